The highest BCUT2D eigenvalue weighted by Crippen LogP contribution is 2.21. The van der Waals surface area contributed by atoms with Crippen LogP contribution in [0.25, 0.3) is 0 Å². The van der Waals surface area contributed by atoms with Crippen LogP contribution >= 0.6 is 27.3 Å². The fraction of sp³-hybridized carbons (Fsp3) is 0.333. The third kappa shape index (κ3) is 2.64. The van der Waals surface area contributed by atoms with Crippen molar-refractivity contribution in [3.63, 3.8) is 0 Å². The van der Waals surface area contributed by atoms with Crippen molar-refractivity contribution >= 4 is 33.2 Å². The molecule has 0 aliphatic heterocycles. The lowest BCUT2D eigenvalue weighted by atomic mass is 10.2. The molecule has 0 atom stereocenters. The van der Waals surface area contributed by atoms with E-state index in [0.717, 1.165) is 15.0 Å². The van der Waals surface area contributed by atoms with Crippen LogP contribution in [-0.2, 0) is 13.6 Å². The van der Waals surface area contributed by atoms with Gasteiger partial charge in [0.25, 0.3) is 5.91 Å². The first-order chi connectivity index (χ1) is 8.49. The zero-order chi connectivity index (χ0) is 13.3. The number of hydrogen-bond acceptors (Lipinski definition) is 3. The number of hydrogen-bond donors (Lipinski definition) is 0. The Bertz CT molecular complexity index is 576. The number of rotatable bonds is 3. The molecule has 0 spiro atoms. The molecule has 4 nitrogen and oxygen atoms in total. The summed E-state index contributed by atoms with van der Waals surface area (Å²) < 4.78 is 2.77. The predicted octanol–water partition coefficient (Wildman–Crippen LogP) is 2.82. The average Bonchev–Trinajstić information content (AvgIpc) is 2.87. The fourth-order valence-corrected chi connectivity index (χ4v) is 3.16. The summed E-state index contributed by atoms with van der Waals surface area (Å²) in [6, 6.07) is 2.03. The second kappa shape index (κ2) is 5.24. The van der Waals surface area contributed by atoms with Gasteiger partial charge in [0.1, 0.15) is 0 Å². The molecule has 2 aromatic heterocycles. The molecule has 0 aliphatic carbocycles. The Morgan fingerprint density at radius 1 is 1.61 bits per heavy atom. The standard InChI is InChI=1S/C12H14BrN3OS/c1-8-11(5-14-16(8)3)12(17)15(2)6-10-4-9(13)7-18-10/h4-5,7H,6H2,1-3H3. The van der Waals surface area contributed by atoms with Crippen LogP contribution in [0.5, 0.6) is 0 Å². The first kappa shape index (κ1) is 13.3. The van der Waals surface area contributed by atoms with Gasteiger partial charge in [0.05, 0.1) is 18.3 Å². The first-order valence-electron chi connectivity index (χ1n) is 5.46. The predicted molar refractivity (Wildman–Crippen MR) is 75.8 cm³/mol. The molecule has 6 heteroatoms. The molecule has 0 unspecified atom stereocenters. The summed E-state index contributed by atoms with van der Waals surface area (Å²) in [6.45, 7) is 2.51. The summed E-state index contributed by atoms with van der Waals surface area (Å²) in [5.74, 6) is 0.00474. The molecule has 0 saturated heterocycles. The van der Waals surface area contributed by atoms with Gasteiger partial charge < -0.3 is 4.90 Å². The summed E-state index contributed by atoms with van der Waals surface area (Å²) >= 11 is 5.05. The van der Waals surface area contributed by atoms with Gasteiger partial charge in [-0.2, -0.15) is 5.10 Å². The van der Waals surface area contributed by atoms with Crippen molar-refractivity contribution < 1.29 is 4.79 Å². The van der Waals surface area contributed by atoms with Gasteiger partial charge in [0.15, 0.2) is 0 Å². The lowest BCUT2D eigenvalue weighted by molar-refractivity contribution is 0.0785. The number of aromatic nitrogens is 2. The molecule has 2 aromatic rings. The van der Waals surface area contributed by atoms with E-state index in [0.29, 0.717) is 12.1 Å². The molecule has 1 amide bonds. The van der Waals surface area contributed by atoms with E-state index in [-0.39, 0.29) is 5.91 Å². The van der Waals surface area contributed by atoms with Gasteiger partial charge in [0.2, 0.25) is 0 Å². The van der Waals surface area contributed by atoms with E-state index in [4.69, 9.17) is 0 Å². The van der Waals surface area contributed by atoms with Crippen molar-refractivity contribution in [2.75, 3.05) is 7.05 Å². The first-order valence-corrected chi connectivity index (χ1v) is 7.13. The van der Waals surface area contributed by atoms with Gasteiger partial charge in [-0.05, 0) is 28.9 Å². The zero-order valence-corrected chi connectivity index (χ0v) is 12.9. The van der Waals surface area contributed by atoms with Crippen molar-refractivity contribution in [3.05, 3.63) is 38.3 Å². The van der Waals surface area contributed by atoms with Crippen molar-refractivity contribution in [2.45, 2.75) is 13.5 Å². The van der Waals surface area contributed by atoms with Crippen LogP contribution in [0.15, 0.2) is 22.1 Å². The minimum absolute atomic E-state index is 0.00474. The molecule has 0 saturated carbocycles. The number of thiophene rings is 1. The maximum absolute atomic E-state index is 12.3. The Morgan fingerprint density at radius 3 is 2.83 bits per heavy atom. The van der Waals surface area contributed by atoms with Crippen LogP contribution in [0, 0.1) is 6.92 Å². The van der Waals surface area contributed by atoms with Gasteiger partial charge in [-0.3, -0.25) is 9.48 Å². The maximum atomic E-state index is 12.3. The molecular weight excluding hydrogens is 314 g/mol. The van der Waals surface area contributed by atoms with Crippen LogP contribution < -0.4 is 0 Å². The highest BCUT2D eigenvalue weighted by molar-refractivity contribution is 9.10. The molecule has 2 heterocycles. The van der Waals surface area contributed by atoms with E-state index >= 15 is 0 Å². The highest BCUT2D eigenvalue weighted by atomic mass is 79.9. The van der Waals surface area contributed by atoms with E-state index < -0.39 is 0 Å². The number of carbonyl (C=O) groups is 1. The normalized spacial score (nSPS) is 10.7. The highest BCUT2D eigenvalue weighted by Gasteiger charge is 2.17. The molecule has 2 rings (SSSR count). The fourth-order valence-electron chi connectivity index (χ4n) is 1.66. The molecule has 18 heavy (non-hydrogen) atoms. The monoisotopic (exact) mass is 327 g/mol. The van der Waals surface area contributed by atoms with Gasteiger partial charge >= 0.3 is 0 Å². The quantitative estimate of drug-likeness (QED) is 0.869. The van der Waals surface area contributed by atoms with Crippen molar-refractivity contribution in [1.82, 2.24) is 14.7 Å². The lowest BCUT2D eigenvalue weighted by Crippen LogP contribution is -2.26. The van der Waals surface area contributed by atoms with Gasteiger partial charge in [-0.25, -0.2) is 0 Å². The molecule has 0 radical (unpaired) electrons. The zero-order valence-electron chi connectivity index (χ0n) is 10.5. The van der Waals surface area contributed by atoms with Gasteiger partial charge in [0, 0.05) is 34.5 Å². The summed E-state index contributed by atoms with van der Waals surface area (Å²) in [4.78, 5) is 15.1. The molecule has 0 N–H and O–H groups in total. The molecular formula is C12H14BrN3OS. The van der Waals surface area contributed by atoms with Crippen LogP contribution in [0.1, 0.15) is 20.9 Å². The molecule has 0 aliphatic rings. The largest absolute Gasteiger partial charge is 0.336 e. The van der Waals surface area contributed by atoms with Crippen LogP contribution in [0.2, 0.25) is 0 Å². The Morgan fingerprint density at radius 2 is 2.33 bits per heavy atom. The molecule has 0 aromatic carbocycles. The Balaban J connectivity index is 2.12. The third-order valence-electron chi connectivity index (χ3n) is 2.83. The lowest BCUT2D eigenvalue weighted by Gasteiger charge is -2.15. The molecule has 96 valence electrons. The molecule has 0 fully saturated rings. The van der Waals surface area contributed by atoms with Crippen molar-refractivity contribution in [3.8, 4) is 0 Å². The maximum Gasteiger partial charge on any atom is 0.257 e. The summed E-state index contributed by atoms with van der Waals surface area (Å²) in [5, 5.41) is 6.11. The summed E-state index contributed by atoms with van der Waals surface area (Å²) in [7, 11) is 3.64. The van der Waals surface area contributed by atoms with Crippen molar-refractivity contribution in [1.29, 1.82) is 0 Å². The van der Waals surface area contributed by atoms with Crippen LogP contribution in [0.3, 0.4) is 0 Å². The summed E-state index contributed by atoms with van der Waals surface area (Å²) in [5.41, 5.74) is 1.55. The average molecular weight is 328 g/mol. The number of aryl methyl sites for hydroxylation is 1. The SMILES string of the molecule is Cc1c(C(=O)N(C)Cc2cc(Br)cs2)cnn1C. The van der Waals surface area contributed by atoms with E-state index in [9.17, 15) is 4.79 Å². The van der Waals surface area contributed by atoms with Gasteiger partial charge in [-0.1, -0.05) is 0 Å². The number of carbonyl (C=O) groups excluding carboxylic acids is 1. The number of nitrogens with zero attached hydrogens (tertiary/aromatic N) is 3. The second-order valence-electron chi connectivity index (χ2n) is 4.16. The topological polar surface area (TPSA) is 38.1 Å². The van der Waals surface area contributed by atoms with Gasteiger partial charge in [-0.15, -0.1) is 11.3 Å². The Hall–Kier alpha value is -1.14. The Labute approximate surface area is 118 Å². The minimum Gasteiger partial charge on any atom is -0.336 e. The van der Waals surface area contributed by atoms with Crippen molar-refractivity contribution in [2.24, 2.45) is 7.05 Å². The van der Waals surface area contributed by atoms with E-state index in [1.165, 1.54) is 0 Å². The molecule has 0 bridgehead atoms. The van der Waals surface area contributed by atoms with Crippen LogP contribution in [0.4, 0.5) is 0 Å². The van der Waals surface area contributed by atoms with E-state index in [1.54, 1.807) is 27.1 Å². The third-order valence-corrected chi connectivity index (χ3v) is 4.51. The summed E-state index contributed by atoms with van der Waals surface area (Å²) in [6.07, 6.45) is 1.62. The minimum atomic E-state index is 0.00474. The smallest absolute Gasteiger partial charge is 0.257 e. The van der Waals surface area contributed by atoms with E-state index in [1.807, 2.05) is 32.5 Å². The van der Waals surface area contributed by atoms with E-state index in [2.05, 4.69) is 21.0 Å². The number of halogens is 1. The second-order valence-corrected chi connectivity index (χ2v) is 6.07. The Kier molecular flexibility index (Phi) is 3.87. The number of amides is 1. The van der Waals surface area contributed by atoms with Crippen LogP contribution in [-0.4, -0.2) is 27.6 Å².